The van der Waals surface area contributed by atoms with E-state index in [9.17, 15) is 0 Å². The molecule has 0 spiro atoms. The highest BCUT2D eigenvalue weighted by atomic mass is 15.6. The first kappa shape index (κ1) is 7.91. The maximum atomic E-state index is 4.18. The second-order valence-electron chi connectivity index (χ2n) is 2.59. The van der Waals surface area contributed by atoms with E-state index in [1.165, 1.54) is 0 Å². The van der Waals surface area contributed by atoms with Gasteiger partial charge in [-0.25, -0.2) is 0 Å². The predicted molar refractivity (Wildman–Crippen MR) is 47.8 cm³/mol. The number of nitrogens with zero attached hydrogens (tertiary/aromatic N) is 4. The van der Waals surface area contributed by atoms with Gasteiger partial charge in [0.25, 0.3) is 0 Å². The van der Waals surface area contributed by atoms with E-state index >= 15 is 0 Å². The van der Waals surface area contributed by atoms with Crippen molar-refractivity contribution in [2.45, 2.75) is 13.5 Å². The van der Waals surface area contributed by atoms with Gasteiger partial charge in [0.15, 0.2) is 0 Å². The molecule has 1 aromatic carbocycles. The van der Waals surface area contributed by atoms with Gasteiger partial charge in [0.05, 0.1) is 6.54 Å². The largest absolute Gasteiger partial charge is 0.204 e. The average Bonchev–Trinajstić information content (AvgIpc) is 2.67. The van der Waals surface area contributed by atoms with Crippen LogP contribution < -0.4 is 0 Å². The number of aromatic nitrogens is 4. The first-order chi connectivity index (χ1) is 6.40. The van der Waals surface area contributed by atoms with Crippen LogP contribution in [0.1, 0.15) is 6.92 Å². The van der Waals surface area contributed by atoms with E-state index in [4.69, 9.17) is 0 Å². The van der Waals surface area contributed by atoms with Crippen molar-refractivity contribution < 1.29 is 0 Å². The van der Waals surface area contributed by atoms with Crippen LogP contribution >= 0.6 is 0 Å². The molecular formula is C9H9N4. The minimum absolute atomic E-state index is 0.663. The lowest BCUT2D eigenvalue weighted by Crippen LogP contribution is -1.98. The number of benzene rings is 1. The summed E-state index contributed by atoms with van der Waals surface area (Å²) in [6, 6.07) is 10.4. The third-order valence-electron chi connectivity index (χ3n) is 1.71. The van der Waals surface area contributed by atoms with Crippen LogP contribution in [0.2, 0.25) is 0 Å². The second-order valence-corrected chi connectivity index (χ2v) is 2.59. The molecule has 2 aromatic rings. The zero-order chi connectivity index (χ0) is 9.10. The Morgan fingerprint density at radius 3 is 2.77 bits per heavy atom. The predicted octanol–water partition coefficient (Wildman–Crippen LogP) is 1.16. The van der Waals surface area contributed by atoms with Crippen LogP contribution in [0.3, 0.4) is 0 Å². The number of hydrogen-bond donors (Lipinski definition) is 0. The molecule has 0 aliphatic rings. The Labute approximate surface area is 76.2 Å². The molecule has 1 aromatic heterocycles. The van der Waals surface area contributed by atoms with E-state index in [2.05, 4.69) is 21.5 Å². The van der Waals surface area contributed by atoms with Crippen molar-refractivity contribution in [2.24, 2.45) is 0 Å². The third kappa shape index (κ3) is 1.56. The minimum atomic E-state index is 0.663. The highest BCUT2D eigenvalue weighted by Gasteiger charge is 2.02. The van der Waals surface area contributed by atoms with Crippen molar-refractivity contribution in [2.75, 3.05) is 0 Å². The lowest BCUT2D eigenvalue weighted by Gasteiger charge is -1.90. The van der Waals surface area contributed by atoms with E-state index < -0.39 is 0 Å². The Morgan fingerprint density at radius 2 is 2.15 bits per heavy atom. The summed E-state index contributed by atoms with van der Waals surface area (Å²) in [6.45, 7) is 2.72. The molecule has 0 N–H and O–H groups in total. The van der Waals surface area contributed by atoms with Gasteiger partial charge in [-0.2, -0.15) is 4.80 Å². The maximum absolute atomic E-state index is 4.18. The van der Waals surface area contributed by atoms with Crippen molar-refractivity contribution in [3.63, 3.8) is 0 Å². The van der Waals surface area contributed by atoms with Gasteiger partial charge in [0.1, 0.15) is 0 Å². The van der Waals surface area contributed by atoms with Gasteiger partial charge in [-0.15, -0.1) is 10.2 Å². The van der Waals surface area contributed by atoms with Crippen molar-refractivity contribution in [1.82, 2.24) is 20.2 Å². The molecule has 0 amide bonds. The van der Waals surface area contributed by atoms with E-state index in [0.717, 1.165) is 12.1 Å². The molecular weight excluding hydrogens is 164 g/mol. The molecule has 0 fully saturated rings. The molecule has 1 heterocycles. The molecule has 2 rings (SSSR count). The molecule has 65 valence electrons. The van der Waals surface area contributed by atoms with Gasteiger partial charge in [0, 0.05) is 5.56 Å². The number of tetrazole rings is 1. The molecule has 1 radical (unpaired) electrons. The molecule has 0 atom stereocenters. The minimum Gasteiger partial charge on any atom is -0.164 e. The Kier molecular flexibility index (Phi) is 2.04. The van der Waals surface area contributed by atoms with Gasteiger partial charge in [-0.3, -0.25) is 0 Å². The summed E-state index contributed by atoms with van der Waals surface area (Å²) in [5.41, 5.74) is 0.971. The molecule has 0 saturated heterocycles. The molecule has 4 nitrogen and oxygen atoms in total. The van der Waals surface area contributed by atoms with Gasteiger partial charge in [-0.1, -0.05) is 24.3 Å². The lowest BCUT2D eigenvalue weighted by molar-refractivity contribution is 0.553. The summed E-state index contributed by atoms with van der Waals surface area (Å²) >= 11 is 0. The summed E-state index contributed by atoms with van der Waals surface area (Å²) in [5.74, 6) is 0.663. The number of aryl methyl sites for hydroxylation is 1. The van der Waals surface area contributed by atoms with Crippen LogP contribution in [0.4, 0.5) is 0 Å². The lowest BCUT2D eigenvalue weighted by atomic mass is 10.2. The Bertz CT molecular complexity index is 380. The van der Waals surface area contributed by atoms with Gasteiger partial charge < -0.3 is 0 Å². The van der Waals surface area contributed by atoms with Gasteiger partial charge in [0.2, 0.25) is 5.82 Å². The zero-order valence-electron chi connectivity index (χ0n) is 7.31. The molecule has 0 aliphatic heterocycles. The fourth-order valence-corrected chi connectivity index (χ4v) is 1.03. The van der Waals surface area contributed by atoms with Gasteiger partial charge >= 0.3 is 0 Å². The van der Waals surface area contributed by atoms with Crippen LogP contribution in [0, 0.1) is 6.07 Å². The first-order valence-electron chi connectivity index (χ1n) is 4.14. The van der Waals surface area contributed by atoms with Crippen molar-refractivity contribution in [3.8, 4) is 11.4 Å². The van der Waals surface area contributed by atoms with Crippen LogP contribution in [0.5, 0.6) is 0 Å². The van der Waals surface area contributed by atoms with E-state index in [0.29, 0.717) is 5.82 Å². The Balaban J connectivity index is 2.36. The summed E-state index contributed by atoms with van der Waals surface area (Å²) in [7, 11) is 0. The molecule has 4 heteroatoms. The fourth-order valence-electron chi connectivity index (χ4n) is 1.03. The van der Waals surface area contributed by atoms with Crippen LogP contribution in [0.15, 0.2) is 24.3 Å². The van der Waals surface area contributed by atoms with E-state index in [1.807, 2.05) is 31.2 Å². The standard InChI is InChI=1S/C9H9N4/c1-2-13-11-9(10-12-13)8-6-4-3-5-7-8/h4-7H,2H2,1H3. The molecule has 0 bridgehead atoms. The summed E-state index contributed by atoms with van der Waals surface area (Å²) in [4.78, 5) is 1.56. The average molecular weight is 173 g/mol. The monoisotopic (exact) mass is 173 g/mol. The van der Waals surface area contributed by atoms with E-state index in [1.54, 1.807) is 4.80 Å². The summed E-state index contributed by atoms with van der Waals surface area (Å²) in [5, 5.41) is 12.0. The van der Waals surface area contributed by atoms with Crippen LogP contribution in [-0.2, 0) is 6.54 Å². The SMILES string of the molecule is CCn1nnc(-c2cc[c]cc2)n1. The first-order valence-corrected chi connectivity index (χ1v) is 4.14. The quantitative estimate of drug-likeness (QED) is 0.684. The molecule has 13 heavy (non-hydrogen) atoms. The molecule has 0 saturated carbocycles. The summed E-state index contributed by atoms with van der Waals surface area (Å²) in [6.07, 6.45) is 0. The Hall–Kier alpha value is -1.71. The second kappa shape index (κ2) is 3.35. The zero-order valence-corrected chi connectivity index (χ0v) is 7.31. The van der Waals surface area contributed by atoms with Crippen molar-refractivity contribution in [1.29, 1.82) is 0 Å². The van der Waals surface area contributed by atoms with Crippen molar-refractivity contribution >= 4 is 0 Å². The van der Waals surface area contributed by atoms with Crippen LogP contribution in [0.25, 0.3) is 11.4 Å². The normalized spacial score (nSPS) is 10.2. The highest BCUT2D eigenvalue weighted by Crippen LogP contribution is 2.11. The number of hydrogen-bond acceptors (Lipinski definition) is 3. The number of rotatable bonds is 2. The molecule has 0 aliphatic carbocycles. The smallest absolute Gasteiger partial charge is 0.164 e. The third-order valence-corrected chi connectivity index (χ3v) is 1.71. The summed E-state index contributed by atoms with van der Waals surface area (Å²) < 4.78 is 0. The van der Waals surface area contributed by atoms with Gasteiger partial charge in [-0.05, 0) is 18.2 Å². The molecule has 0 unspecified atom stereocenters. The Morgan fingerprint density at radius 1 is 1.38 bits per heavy atom. The highest BCUT2D eigenvalue weighted by molar-refractivity contribution is 5.52. The fraction of sp³-hybridized carbons (Fsp3) is 0.222. The van der Waals surface area contributed by atoms with E-state index in [-0.39, 0.29) is 0 Å². The topological polar surface area (TPSA) is 43.6 Å². The maximum Gasteiger partial charge on any atom is 0.204 e. The van der Waals surface area contributed by atoms with Crippen molar-refractivity contribution in [3.05, 3.63) is 30.3 Å². The van der Waals surface area contributed by atoms with Crippen LogP contribution in [-0.4, -0.2) is 20.2 Å².